The van der Waals surface area contributed by atoms with E-state index in [0.717, 1.165) is 49.2 Å². The minimum Gasteiger partial charge on any atom is -0.391 e. The zero-order chi connectivity index (χ0) is 17.2. The van der Waals surface area contributed by atoms with Crippen LogP contribution in [0.1, 0.15) is 18.2 Å². The molecule has 1 N–H and O–H groups in total. The summed E-state index contributed by atoms with van der Waals surface area (Å²) in [6.45, 7) is 5.43. The SMILES string of the molecule is CCn1cc(CN2C[C@@H](Cc3ccc4ccccc4n3)[C@H](O)C2)cn1. The van der Waals surface area contributed by atoms with Crippen LogP contribution in [-0.4, -0.2) is 44.0 Å². The van der Waals surface area contributed by atoms with E-state index in [4.69, 9.17) is 4.98 Å². The van der Waals surface area contributed by atoms with Crippen molar-refractivity contribution in [1.82, 2.24) is 19.7 Å². The summed E-state index contributed by atoms with van der Waals surface area (Å²) in [5.41, 5.74) is 3.29. The molecule has 5 heteroatoms. The van der Waals surface area contributed by atoms with Crippen LogP contribution in [0.3, 0.4) is 0 Å². The number of aryl methyl sites for hydroxylation is 1. The van der Waals surface area contributed by atoms with Crippen molar-refractivity contribution in [3.8, 4) is 0 Å². The number of benzene rings is 1. The van der Waals surface area contributed by atoms with Gasteiger partial charge in [0, 0.05) is 54.9 Å². The Morgan fingerprint density at radius 3 is 2.88 bits per heavy atom. The van der Waals surface area contributed by atoms with E-state index in [1.807, 2.05) is 29.1 Å². The minimum atomic E-state index is -0.297. The standard InChI is InChI=1S/C20H24N4O/c1-2-24-12-15(10-21-24)11-23-13-17(20(25)14-23)9-18-8-7-16-5-3-4-6-19(16)22-18/h3-8,10,12,17,20,25H,2,9,11,13-14H2,1H3/t17-,20-/m1/s1. The monoisotopic (exact) mass is 336 g/mol. The smallest absolute Gasteiger partial charge is 0.0711 e. The van der Waals surface area contributed by atoms with E-state index in [1.54, 1.807) is 0 Å². The number of hydrogen-bond acceptors (Lipinski definition) is 4. The molecule has 3 aromatic rings. The van der Waals surface area contributed by atoms with E-state index in [-0.39, 0.29) is 12.0 Å². The van der Waals surface area contributed by atoms with Gasteiger partial charge in [-0.05, 0) is 25.5 Å². The number of fused-ring (bicyclic) bond motifs is 1. The molecule has 2 aromatic heterocycles. The van der Waals surface area contributed by atoms with Gasteiger partial charge in [0.05, 0.1) is 17.8 Å². The van der Waals surface area contributed by atoms with Crippen LogP contribution >= 0.6 is 0 Å². The van der Waals surface area contributed by atoms with Gasteiger partial charge in [-0.3, -0.25) is 14.6 Å². The highest BCUT2D eigenvalue weighted by atomic mass is 16.3. The van der Waals surface area contributed by atoms with E-state index < -0.39 is 0 Å². The Morgan fingerprint density at radius 2 is 2.04 bits per heavy atom. The van der Waals surface area contributed by atoms with Gasteiger partial charge in [-0.2, -0.15) is 5.10 Å². The summed E-state index contributed by atoms with van der Waals surface area (Å²) in [5, 5.41) is 16.0. The molecule has 0 bridgehead atoms. The van der Waals surface area contributed by atoms with Crippen molar-refractivity contribution in [2.75, 3.05) is 13.1 Å². The highest BCUT2D eigenvalue weighted by molar-refractivity contribution is 5.78. The highest BCUT2D eigenvalue weighted by Gasteiger charge is 2.31. The fourth-order valence-corrected chi connectivity index (χ4v) is 3.68. The predicted molar refractivity (Wildman–Crippen MR) is 98.1 cm³/mol. The van der Waals surface area contributed by atoms with Crippen LogP contribution in [0.5, 0.6) is 0 Å². The number of aliphatic hydroxyl groups is 1. The zero-order valence-corrected chi connectivity index (χ0v) is 14.5. The van der Waals surface area contributed by atoms with Gasteiger partial charge in [-0.1, -0.05) is 24.3 Å². The van der Waals surface area contributed by atoms with Crippen LogP contribution < -0.4 is 0 Å². The van der Waals surface area contributed by atoms with Crippen LogP contribution in [-0.2, 0) is 19.5 Å². The Hall–Kier alpha value is -2.24. The molecular weight excluding hydrogens is 312 g/mol. The zero-order valence-electron chi connectivity index (χ0n) is 14.5. The Morgan fingerprint density at radius 1 is 1.16 bits per heavy atom. The summed E-state index contributed by atoms with van der Waals surface area (Å²) < 4.78 is 1.94. The average Bonchev–Trinajstić information content (AvgIpc) is 3.21. The van der Waals surface area contributed by atoms with Gasteiger partial charge >= 0.3 is 0 Å². The number of β-amino-alcohol motifs (C(OH)–C–C–N with tert-alkyl or cyclic N) is 1. The van der Waals surface area contributed by atoms with Crippen molar-refractivity contribution in [2.24, 2.45) is 5.92 Å². The number of hydrogen-bond donors (Lipinski definition) is 1. The predicted octanol–water partition coefficient (Wildman–Crippen LogP) is 2.49. The molecule has 2 atom stereocenters. The molecule has 0 spiro atoms. The average molecular weight is 336 g/mol. The fraction of sp³-hybridized carbons (Fsp3) is 0.400. The number of pyridine rings is 1. The van der Waals surface area contributed by atoms with Gasteiger partial charge in [-0.25, -0.2) is 0 Å². The molecule has 1 aliphatic rings. The first-order chi connectivity index (χ1) is 12.2. The van der Waals surface area contributed by atoms with Crippen molar-refractivity contribution in [1.29, 1.82) is 0 Å². The van der Waals surface area contributed by atoms with Crippen LogP contribution in [0.2, 0.25) is 0 Å². The second kappa shape index (κ2) is 6.94. The van der Waals surface area contributed by atoms with E-state index in [0.29, 0.717) is 0 Å². The highest BCUT2D eigenvalue weighted by Crippen LogP contribution is 2.23. The van der Waals surface area contributed by atoms with Gasteiger partial charge in [0.1, 0.15) is 0 Å². The van der Waals surface area contributed by atoms with Crippen molar-refractivity contribution < 1.29 is 5.11 Å². The summed E-state index contributed by atoms with van der Waals surface area (Å²) in [4.78, 5) is 7.07. The lowest BCUT2D eigenvalue weighted by molar-refractivity contribution is 0.140. The van der Waals surface area contributed by atoms with E-state index in [2.05, 4.69) is 41.3 Å². The molecule has 1 fully saturated rings. The lowest BCUT2D eigenvalue weighted by Gasteiger charge is -2.14. The number of aromatic nitrogens is 3. The summed E-state index contributed by atoms with van der Waals surface area (Å²) in [6.07, 6.45) is 4.53. The van der Waals surface area contributed by atoms with E-state index >= 15 is 0 Å². The summed E-state index contributed by atoms with van der Waals surface area (Å²) in [5.74, 6) is 0.231. The number of rotatable bonds is 5. The molecule has 1 aromatic carbocycles. The summed E-state index contributed by atoms with van der Waals surface area (Å²) in [6, 6.07) is 12.4. The summed E-state index contributed by atoms with van der Waals surface area (Å²) in [7, 11) is 0. The molecular formula is C20H24N4O. The van der Waals surface area contributed by atoms with Crippen molar-refractivity contribution in [3.63, 3.8) is 0 Å². The second-order valence-corrected chi connectivity index (χ2v) is 6.93. The second-order valence-electron chi connectivity index (χ2n) is 6.93. The molecule has 1 saturated heterocycles. The minimum absolute atomic E-state index is 0.231. The normalized spacial score (nSPS) is 21.2. The molecule has 1 aliphatic heterocycles. The summed E-state index contributed by atoms with van der Waals surface area (Å²) >= 11 is 0. The molecule has 25 heavy (non-hydrogen) atoms. The number of para-hydroxylation sites is 1. The largest absolute Gasteiger partial charge is 0.391 e. The van der Waals surface area contributed by atoms with Gasteiger partial charge < -0.3 is 5.11 Å². The molecule has 130 valence electrons. The maximum atomic E-state index is 10.5. The van der Waals surface area contributed by atoms with Crippen molar-refractivity contribution in [2.45, 2.75) is 32.5 Å². The van der Waals surface area contributed by atoms with E-state index in [9.17, 15) is 5.11 Å². The van der Waals surface area contributed by atoms with Crippen molar-refractivity contribution in [3.05, 3.63) is 60.0 Å². The third kappa shape index (κ3) is 3.57. The van der Waals surface area contributed by atoms with Gasteiger partial charge in [0.25, 0.3) is 0 Å². The number of aliphatic hydroxyl groups excluding tert-OH is 1. The van der Waals surface area contributed by atoms with Crippen LogP contribution in [0.4, 0.5) is 0 Å². The third-order valence-electron chi connectivity index (χ3n) is 5.03. The van der Waals surface area contributed by atoms with Crippen LogP contribution in [0.25, 0.3) is 10.9 Å². The molecule has 5 nitrogen and oxygen atoms in total. The van der Waals surface area contributed by atoms with Crippen molar-refractivity contribution >= 4 is 10.9 Å². The Kier molecular flexibility index (Phi) is 4.51. The number of nitrogens with zero attached hydrogens (tertiary/aromatic N) is 4. The maximum Gasteiger partial charge on any atom is 0.0711 e. The van der Waals surface area contributed by atoms with Gasteiger partial charge in [0.2, 0.25) is 0 Å². The Labute approximate surface area is 147 Å². The lowest BCUT2D eigenvalue weighted by Crippen LogP contribution is -2.21. The molecule has 0 aliphatic carbocycles. The number of likely N-dealkylation sites (tertiary alicyclic amines) is 1. The van der Waals surface area contributed by atoms with Gasteiger partial charge in [-0.15, -0.1) is 0 Å². The maximum absolute atomic E-state index is 10.5. The topological polar surface area (TPSA) is 54.2 Å². The molecule has 0 saturated carbocycles. The molecule has 0 unspecified atom stereocenters. The Bertz CT molecular complexity index is 860. The fourth-order valence-electron chi connectivity index (χ4n) is 3.68. The first-order valence-corrected chi connectivity index (χ1v) is 8.97. The molecule has 0 amide bonds. The lowest BCUT2D eigenvalue weighted by atomic mass is 9.99. The molecule has 0 radical (unpaired) electrons. The first kappa shape index (κ1) is 16.2. The van der Waals surface area contributed by atoms with E-state index in [1.165, 1.54) is 5.56 Å². The van der Waals surface area contributed by atoms with Crippen LogP contribution in [0, 0.1) is 5.92 Å². The molecule has 4 rings (SSSR count). The molecule has 3 heterocycles. The van der Waals surface area contributed by atoms with Gasteiger partial charge in [0.15, 0.2) is 0 Å². The first-order valence-electron chi connectivity index (χ1n) is 8.97. The Balaban J connectivity index is 1.42. The quantitative estimate of drug-likeness (QED) is 0.778. The van der Waals surface area contributed by atoms with Crippen LogP contribution in [0.15, 0.2) is 48.8 Å². The third-order valence-corrected chi connectivity index (χ3v) is 5.03.